The summed E-state index contributed by atoms with van der Waals surface area (Å²) in [7, 11) is -3.80. The van der Waals surface area contributed by atoms with Crippen LogP contribution in [0, 0.1) is 5.92 Å². The normalized spacial score (nSPS) is 23.2. The van der Waals surface area contributed by atoms with Crippen LogP contribution in [0.2, 0.25) is 0 Å². The minimum Gasteiger partial charge on any atom is -0.480 e. The summed E-state index contributed by atoms with van der Waals surface area (Å²) in [6, 6.07) is 3.80. The lowest BCUT2D eigenvalue weighted by Gasteiger charge is -2.24. The molecule has 3 atom stereocenters. The molecule has 14 heteroatoms. The zero-order chi connectivity index (χ0) is 26.0. The molecule has 0 spiro atoms. The van der Waals surface area contributed by atoms with E-state index in [-0.39, 0.29) is 40.9 Å². The molecule has 1 saturated carbocycles. The lowest BCUT2D eigenvalue weighted by atomic mass is 10.0. The second-order valence-corrected chi connectivity index (χ2v) is 11.0. The van der Waals surface area contributed by atoms with Crippen LogP contribution in [0.4, 0.5) is 26.3 Å². The largest absolute Gasteiger partial charge is 0.480 e. The number of nitrogens with zero attached hydrogens (tertiary/aromatic N) is 2. The predicted octanol–water partition coefficient (Wildman–Crippen LogP) is 4.23. The van der Waals surface area contributed by atoms with Gasteiger partial charge in [0.1, 0.15) is 5.75 Å². The highest BCUT2D eigenvalue weighted by atomic mass is 32.2. The number of carbonyl (C=O) groups excluding carboxylic acids is 1. The predicted molar refractivity (Wildman–Crippen MR) is 108 cm³/mol. The van der Waals surface area contributed by atoms with E-state index in [9.17, 15) is 39.6 Å². The maximum absolute atomic E-state index is 13.3. The van der Waals surface area contributed by atoms with Gasteiger partial charge in [0, 0.05) is 24.6 Å². The molecule has 1 amide bonds. The molecule has 35 heavy (non-hydrogen) atoms. The van der Waals surface area contributed by atoms with Gasteiger partial charge in [0.05, 0.1) is 21.9 Å². The van der Waals surface area contributed by atoms with E-state index in [1.165, 1.54) is 11.8 Å². The van der Waals surface area contributed by atoms with Gasteiger partial charge in [-0.3, -0.25) is 4.79 Å². The molecule has 2 unspecified atom stereocenters. The second kappa shape index (κ2) is 8.14. The van der Waals surface area contributed by atoms with Crippen molar-refractivity contribution in [2.24, 2.45) is 5.92 Å². The van der Waals surface area contributed by atoms with Crippen molar-refractivity contribution in [3.63, 3.8) is 0 Å². The number of hydrogen-bond acceptors (Lipinski definition) is 6. The summed E-state index contributed by atoms with van der Waals surface area (Å²) < 4.78 is 112. The number of piperidine rings is 1. The third-order valence-electron chi connectivity index (χ3n) is 6.42. The highest BCUT2D eigenvalue weighted by Gasteiger charge is 2.64. The highest BCUT2D eigenvalue weighted by Crippen LogP contribution is 2.59. The first-order valence-electron chi connectivity index (χ1n) is 10.5. The van der Waals surface area contributed by atoms with Crippen molar-refractivity contribution in [3.05, 3.63) is 41.3 Å². The van der Waals surface area contributed by atoms with Gasteiger partial charge >= 0.3 is 12.4 Å². The van der Waals surface area contributed by atoms with Gasteiger partial charge in [-0.1, -0.05) is 12.1 Å². The fourth-order valence-electron chi connectivity index (χ4n) is 4.24. The molecular formula is C21H20F6N2O5S. The number of hydrogen-bond donors (Lipinski definition) is 0. The Morgan fingerprint density at radius 1 is 1.26 bits per heavy atom. The fourth-order valence-corrected chi connectivity index (χ4v) is 5.15. The molecule has 1 saturated heterocycles. The van der Waals surface area contributed by atoms with Crippen molar-refractivity contribution in [1.29, 1.82) is 0 Å². The SMILES string of the molecule is CCS(=O)(=O)c1ccc(O[C@H](C)C(F)(F)F)c(C(=O)N2CC3CC3(c3cc(C(F)(F)F)on3)C2)c1. The Bertz CT molecular complexity index is 1260. The van der Waals surface area contributed by atoms with Gasteiger partial charge in [0.2, 0.25) is 5.76 Å². The summed E-state index contributed by atoms with van der Waals surface area (Å²) in [5.41, 5.74) is -1.21. The Balaban J connectivity index is 1.64. The van der Waals surface area contributed by atoms with Gasteiger partial charge in [-0.05, 0) is 37.5 Å². The zero-order valence-electron chi connectivity index (χ0n) is 18.4. The van der Waals surface area contributed by atoms with Crippen LogP contribution in [0.15, 0.2) is 33.7 Å². The monoisotopic (exact) mass is 526 g/mol. The summed E-state index contributed by atoms with van der Waals surface area (Å²) in [5, 5.41) is 3.52. The first-order chi connectivity index (χ1) is 16.1. The third kappa shape index (κ3) is 4.59. The lowest BCUT2D eigenvalue weighted by Crippen LogP contribution is -2.35. The van der Waals surface area contributed by atoms with Crippen molar-refractivity contribution in [3.8, 4) is 5.75 Å². The zero-order valence-corrected chi connectivity index (χ0v) is 19.2. The fraction of sp³-hybridized carbons (Fsp3) is 0.524. The second-order valence-electron chi connectivity index (χ2n) is 8.68. The topological polar surface area (TPSA) is 89.7 Å². The van der Waals surface area contributed by atoms with Gasteiger partial charge in [-0.2, -0.15) is 26.3 Å². The Morgan fingerprint density at radius 3 is 2.51 bits per heavy atom. The molecule has 0 bridgehead atoms. The van der Waals surface area contributed by atoms with Gasteiger partial charge in [0.15, 0.2) is 15.9 Å². The van der Waals surface area contributed by atoms with Crippen LogP contribution >= 0.6 is 0 Å². The summed E-state index contributed by atoms with van der Waals surface area (Å²) in [5.74, 6) is -3.05. The maximum Gasteiger partial charge on any atom is 0.452 e. The molecule has 2 fully saturated rings. The standard InChI is InChI=1S/C21H20F6N2O5S/c1-3-35(31,32)13-4-5-15(33-11(2)20(22,23)24)14(6-13)18(30)29-9-12-8-19(12,10-29)16-7-17(34-28-16)21(25,26)27/h4-7,11-12H,3,8-10H2,1-2H3/t11-,12?,19?/m1/s1. The van der Waals surface area contributed by atoms with Crippen LogP contribution in [0.1, 0.15) is 42.1 Å². The minimum absolute atomic E-state index is 0.0367. The highest BCUT2D eigenvalue weighted by molar-refractivity contribution is 7.91. The molecule has 2 aromatic rings. The lowest BCUT2D eigenvalue weighted by molar-refractivity contribution is -0.189. The molecule has 2 heterocycles. The number of halogens is 6. The average molecular weight is 526 g/mol. The maximum atomic E-state index is 13.3. The summed E-state index contributed by atoms with van der Waals surface area (Å²) >= 11 is 0. The van der Waals surface area contributed by atoms with E-state index in [2.05, 4.69) is 9.68 Å². The molecule has 192 valence electrons. The van der Waals surface area contributed by atoms with Crippen LogP contribution in [-0.4, -0.2) is 55.5 Å². The number of aromatic nitrogens is 1. The van der Waals surface area contributed by atoms with Crippen LogP contribution in [-0.2, 0) is 21.4 Å². The van der Waals surface area contributed by atoms with Gasteiger partial charge in [-0.15, -0.1) is 0 Å². The molecule has 0 N–H and O–H groups in total. The molecule has 1 aliphatic carbocycles. The van der Waals surface area contributed by atoms with Crippen molar-refractivity contribution >= 4 is 15.7 Å². The molecule has 1 aromatic heterocycles. The van der Waals surface area contributed by atoms with E-state index in [4.69, 9.17) is 4.74 Å². The third-order valence-corrected chi connectivity index (χ3v) is 8.15. The molecule has 1 aliphatic heterocycles. The number of benzene rings is 1. The molecule has 4 rings (SSSR count). The van der Waals surface area contributed by atoms with E-state index < -0.39 is 51.1 Å². The number of rotatable bonds is 6. The molecule has 1 aromatic carbocycles. The summed E-state index contributed by atoms with van der Waals surface area (Å²) in [6.45, 7) is 2.16. The van der Waals surface area contributed by atoms with E-state index in [0.717, 1.165) is 31.2 Å². The Morgan fingerprint density at radius 2 is 1.94 bits per heavy atom. The average Bonchev–Trinajstić information content (AvgIpc) is 3.13. The van der Waals surface area contributed by atoms with E-state index in [0.29, 0.717) is 6.42 Å². The van der Waals surface area contributed by atoms with Crippen LogP contribution in [0.25, 0.3) is 0 Å². The molecule has 7 nitrogen and oxygen atoms in total. The quantitative estimate of drug-likeness (QED) is 0.524. The van der Waals surface area contributed by atoms with E-state index in [1.54, 1.807) is 0 Å². The van der Waals surface area contributed by atoms with Crippen LogP contribution < -0.4 is 4.74 Å². The van der Waals surface area contributed by atoms with Gasteiger partial charge in [-0.25, -0.2) is 8.42 Å². The van der Waals surface area contributed by atoms with E-state index in [1.807, 2.05) is 0 Å². The van der Waals surface area contributed by atoms with Crippen LogP contribution in [0.5, 0.6) is 5.75 Å². The molecular weight excluding hydrogens is 506 g/mol. The Hall–Kier alpha value is -2.77. The number of carbonyl (C=O) groups is 1. The van der Waals surface area contributed by atoms with Crippen molar-refractivity contribution in [1.82, 2.24) is 10.1 Å². The Labute approximate surface area is 195 Å². The molecule has 0 radical (unpaired) electrons. The van der Waals surface area contributed by atoms with Crippen molar-refractivity contribution in [2.75, 3.05) is 18.8 Å². The minimum atomic E-state index is -4.74. The first-order valence-corrected chi connectivity index (χ1v) is 12.2. The van der Waals surface area contributed by atoms with Crippen molar-refractivity contribution in [2.45, 2.75) is 49.0 Å². The smallest absolute Gasteiger partial charge is 0.452 e. The number of alkyl halides is 6. The van der Waals surface area contributed by atoms with Crippen LogP contribution in [0.3, 0.4) is 0 Å². The summed E-state index contributed by atoms with van der Waals surface area (Å²) in [6.07, 6.45) is -11.3. The van der Waals surface area contributed by atoms with E-state index >= 15 is 0 Å². The number of likely N-dealkylation sites (tertiary alicyclic amines) is 1. The Kier molecular flexibility index (Phi) is 5.89. The molecule has 2 aliphatic rings. The summed E-state index contributed by atoms with van der Waals surface area (Å²) in [4.78, 5) is 14.3. The number of sulfone groups is 1. The number of amides is 1. The van der Waals surface area contributed by atoms with Gasteiger partial charge in [0.25, 0.3) is 5.91 Å². The number of ether oxygens (including phenoxy) is 1. The number of fused-ring (bicyclic) bond motifs is 1. The van der Waals surface area contributed by atoms with Gasteiger partial charge < -0.3 is 14.2 Å². The first kappa shape index (κ1) is 25.3. The van der Waals surface area contributed by atoms with Crippen molar-refractivity contribution < 1.29 is 48.8 Å².